The van der Waals surface area contributed by atoms with Gasteiger partial charge in [0.25, 0.3) is 0 Å². The Kier molecular flexibility index (Phi) is 5.16. The van der Waals surface area contributed by atoms with Crippen molar-refractivity contribution < 1.29 is 9.53 Å². The van der Waals surface area contributed by atoms with Crippen LogP contribution in [0.1, 0.15) is 22.8 Å². The van der Waals surface area contributed by atoms with Gasteiger partial charge in [-0.05, 0) is 36.8 Å². The molecule has 3 nitrogen and oxygen atoms in total. The van der Waals surface area contributed by atoms with E-state index >= 15 is 0 Å². The van der Waals surface area contributed by atoms with Gasteiger partial charge in [0.15, 0.2) is 5.78 Å². The molecule has 0 unspecified atom stereocenters. The van der Waals surface area contributed by atoms with Gasteiger partial charge in [-0.2, -0.15) is 0 Å². The van der Waals surface area contributed by atoms with E-state index in [0.717, 1.165) is 11.4 Å². The van der Waals surface area contributed by atoms with E-state index in [9.17, 15) is 4.79 Å². The lowest BCUT2D eigenvalue weighted by atomic mass is 10.1. The second-order valence-electron chi connectivity index (χ2n) is 4.76. The molecule has 0 amide bonds. The maximum atomic E-state index is 12.1. The van der Waals surface area contributed by atoms with Crippen LogP contribution in [0.2, 0.25) is 0 Å². The Bertz CT molecular complexity index is 615. The smallest absolute Gasteiger partial charge is 0.187 e. The molecule has 0 atom stereocenters. The molecule has 0 radical (unpaired) electrons. The van der Waals surface area contributed by atoms with Crippen LogP contribution in [0.25, 0.3) is 0 Å². The van der Waals surface area contributed by atoms with Crippen LogP contribution in [0.3, 0.4) is 0 Å². The normalized spacial score (nSPS) is 11.0. The van der Waals surface area contributed by atoms with Crippen molar-refractivity contribution in [1.82, 2.24) is 5.32 Å². The molecule has 0 saturated heterocycles. The lowest BCUT2D eigenvalue weighted by Gasteiger charge is -2.06. The summed E-state index contributed by atoms with van der Waals surface area (Å²) in [5, 5.41) is 3.24. The highest BCUT2D eigenvalue weighted by Gasteiger charge is 2.03. The third-order valence-electron chi connectivity index (χ3n) is 3.14. The Morgan fingerprint density at radius 3 is 2.38 bits per heavy atom. The molecule has 0 spiro atoms. The van der Waals surface area contributed by atoms with Gasteiger partial charge in [-0.25, -0.2) is 0 Å². The van der Waals surface area contributed by atoms with Gasteiger partial charge in [0.2, 0.25) is 0 Å². The molecular formula is C18H19NO2. The standard InChI is InChI=1S/C18H19NO2/c1-14(19-13-15-6-4-3-5-7-15)12-18(20)16-8-10-17(21-2)11-9-16/h3-12,19H,13H2,1-2H3/b14-12+. The van der Waals surface area contributed by atoms with E-state index in [1.54, 1.807) is 37.5 Å². The minimum absolute atomic E-state index is 0.0179. The number of allylic oxidation sites excluding steroid dienone is 2. The number of hydrogen-bond acceptors (Lipinski definition) is 3. The zero-order chi connectivity index (χ0) is 15.1. The van der Waals surface area contributed by atoms with Crippen molar-refractivity contribution in [3.63, 3.8) is 0 Å². The first-order valence-corrected chi connectivity index (χ1v) is 6.83. The Morgan fingerprint density at radius 2 is 1.76 bits per heavy atom. The van der Waals surface area contributed by atoms with E-state index in [0.29, 0.717) is 12.1 Å². The number of rotatable bonds is 6. The van der Waals surface area contributed by atoms with Crippen LogP contribution in [0.4, 0.5) is 0 Å². The topological polar surface area (TPSA) is 38.3 Å². The predicted octanol–water partition coefficient (Wildman–Crippen LogP) is 3.57. The van der Waals surface area contributed by atoms with E-state index in [2.05, 4.69) is 5.32 Å². The summed E-state index contributed by atoms with van der Waals surface area (Å²) in [6.45, 7) is 2.60. The zero-order valence-corrected chi connectivity index (χ0v) is 12.3. The summed E-state index contributed by atoms with van der Waals surface area (Å²) in [6, 6.07) is 17.2. The average molecular weight is 281 g/mol. The minimum Gasteiger partial charge on any atom is -0.497 e. The Labute approximate surface area is 125 Å². The number of carbonyl (C=O) groups is 1. The van der Waals surface area contributed by atoms with Gasteiger partial charge < -0.3 is 10.1 Å². The van der Waals surface area contributed by atoms with Crippen molar-refractivity contribution in [2.24, 2.45) is 0 Å². The predicted molar refractivity (Wildman–Crippen MR) is 84.4 cm³/mol. The van der Waals surface area contributed by atoms with E-state index in [1.807, 2.05) is 37.3 Å². The number of nitrogens with one attached hydrogen (secondary N) is 1. The van der Waals surface area contributed by atoms with Crippen LogP contribution < -0.4 is 10.1 Å². The van der Waals surface area contributed by atoms with E-state index in [1.165, 1.54) is 5.56 Å². The molecule has 0 fully saturated rings. The summed E-state index contributed by atoms with van der Waals surface area (Å²) in [7, 11) is 1.61. The summed E-state index contributed by atoms with van der Waals surface area (Å²) >= 11 is 0. The molecule has 0 aromatic heterocycles. The molecule has 0 heterocycles. The van der Waals surface area contributed by atoms with Crippen LogP contribution >= 0.6 is 0 Å². The number of benzene rings is 2. The number of ketones is 1. The number of carbonyl (C=O) groups excluding carboxylic acids is 1. The molecule has 0 aliphatic carbocycles. The van der Waals surface area contributed by atoms with E-state index in [-0.39, 0.29) is 5.78 Å². The molecule has 21 heavy (non-hydrogen) atoms. The van der Waals surface area contributed by atoms with Gasteiger partial charge in [0.1, 0.15) is 5.75 Å². The van der Waals surface area contributed by atoms with Crippen molar-refractivity contribution in [3.8, 4) is 5.75 Å². The van der Waals surface area contributed by atoms with Crippen molar-refractivity contribution in [1.29, 1.82) is 0 Å². The summed E-state index contributed by atoms with van der Waals surface area (Å²) in [4.78, 5) is 12.1. The summed E-state index contributed by atoms with van der Waals surface area (Å²) < 4.78 is 5.08. The highest BCUT2D eigenvalue weighted by molar-refractivity contribution is 6.04. The largest absolute Gasteiger partial charge is 0.497 e. The summed E-state index contributed by atoms with van der Waals surface area (Å²) in [6.07, 6.45) is 1.62. The van der Waals surface area contributed by atoms with Gasteiger partial charge in [-0.15, -0.1) is 0 Å². The minimum atomic E-state index is -0.0179. The molecular weight excluding hydrogens is 262 g/mol. The average Bonchev–Trinajstić information content (AvgIpc) is 2.54. The van der Waals surface area contributed by atoms with Gasteiger partial charge >= 0.3 is 0 Å². The third kappa shape index (κ3) is 4.49. The second kappa shape index (κ2) is 7.29. The van der Waals surface area contributed by atoms with E-state index < -0.39 is 0 Å². The molecule has 0 saturated carbocycles. The van der Waals surface area contributed by atoms with Gasteiger partial charge in [0.05, 0.1) is 7.11 Å². The van der Waals surface area contributed by atoms with Crippen molar-refractivity contribution >= 4 is 5.78 Å². The molecule has 108 valence electrons. The zero-order valence-electron chi connectivity index (χ0n) is 12.3. The maximum Gasteiger partial charge on any atom is 0.187 e. The number of ether oxygens (including phenoxy) is 1. The van der Waals surface area contributed by atoms with Crippen LogP contribution in [0, 0.1) is 0 Å². The fraction of sp³-hybridized carbons (Fsp3) is 0.167. The number of hydrogen-bond donors (Lipinski definition) is 1. The van der Waals surface area contributed by atoms with Crippen LogP contribution in [0.5, 0.6) is 5.75 Å². The molecule has 0 aliphatic rings. The molecule has 0 bridgehead atoms. The molecule has 1 N–H and O–H groups in total. The third-order valence-corrected chi connectivity index (χ3v) is 3.14. The van der Waals surface area contributed by atoms with Crippen molar-refractivity contribution in [3.05, 3.63) is 77.5 Å². The lowest BCUT2D eigenvalue weighted by Crippen LogP contribution is -2.12. The van der Waals surface area contributed by atoms with Crippen molar-refractivity contribution in [2.75, 3.05) is 7.11 Å². The first-order chi connectivity index (χ1) is 10.2. The van der Waals surface area contributed by atoms with Gasteiger partial charge in [0, 0.05) is 23.9 Å². The Hall–Kier alpha value is -2.55. The van der Waals surface area contributed by atoms with Crippen LogP contribution in [0.15, 0.2) is 66.4 Å². The molecule has 2 aromatic rings. The lowest BCUT2D eigenvalue weighted by molar-refractivity contribution is 0.104. The van der Waals surface area contributed by atoms with Gasteiger partial charge in [-0.1, -0.05) is 30.3 Å². The fourth-order valence-electron chi connectivity index (χ4n) is 1.92. The van der Waals surface area contributed by atoms with E-state index in [4.69, 9.17) is 4.74 Å². The Balaban J connectivity index is 1.95. The fourth-order valence-corrected chi connectivity index (χ4v) is 1.92. The molecule has 3 heteroatoms. The molecule has 0 aliphatic heterocycles. The van der Waals surface area contributed by atoms with Crippen LogP contribution in [-0.2, 0) is 6.54 Å². The first kappa shape index (κ1) is 14.9. The van der Waals surface area contributed by atoms with Crippen LogP contribution in [-0.4, -0.2) is 12.9 Å². The SMILES string of the molecule is COc1ccc(C(=O)/C=C(\C)NCc2ccccc2)cc1. The molecule has 2 aromatic carbocycles. The highest BCUT2D eigenvalue weighted by atomic mass is 16.5. The summed E-state index contributed by atoms with van der Waals surface area (Å²) in [5.74, 6) is 0.727. The highest BCUT2D eigenvalue weighted by Crippen LogP contribution is 2.12. The summed E-state index contributed by atoms with van der Waals surface area (Å²) in [5.41, 5.74) is 2.68. The molecule has 2 rings (SSSR count). The van der Waals surface area contributed by atoms with Crippen molar-refractivity contribution in [2.45, 2.75) is 13.5 Å². The number of methoxy groups -OCH3 is 1. The maximum absolute atomic E-state index is 12.1. The first-order valence-electron chi connectivity index (χ1n) is 6.83. The Morgan fingerprint density at radius 1 is 1.10 bits per heavy atom. The monoisotopic (exact) mass is 281 g/mol. The second-order valence-corrected chi connectivity index (χ2v) is 4.76. The van der Waals surface area contributed by atoms with Gasteiger partial charge in [-0.3, -0.25) is 4.79 Å². The quantitative estimate of drug-likeness (QED) is 0.650.